The molecule has 0 fully saturated rings. The van der Waals surface area contributed by atoms with Crippen molar-refractivity contribution >= 4 is 11.4 Å². The molecule has 3 rings (SSSR count). The number of hydrogen-bond donors (Lipinski definition) is 0. The summed E-state index contributed by atoms with van der Waals surface area (Å²) in [5, 5.41) is 0. The van der Waals surface area contributed by atoms with Crippen molar-refractivity contribution in [2.45, 2.75) is 420 Å². The summed E-state index contributed by atoms with van der Waals surface area (Å²) in [4.78, 5) is 0. The van der Waals surface area contributed by atoms with Gasteiger partial charge in [-0.25, -0.2) is 4.70 Å². The van der Waals surface area contributed by atoms with E-state index in [2.05, 4.69) is 103 Å². The van der Waals surface area contributed by atoms with Crippen LogP contribution < -0.4 is 0 Å². The number of unbranched alkanes of at least 4 members (excludes halogenated alkanes) is 52. The molecule has 0 N–H and O–H groups in total. The van der Waals surface area contributed by atoms with Gasteiger partial charge in [0.1, 0.15) is 0 Å². The van der Waals surface area contributed by atoms with Crippen molar-refractivity contribution in [1.82, 2.24) is 0 Å². The Morgan fingerprint density at radius 1 is 0.291 bits per heavy atom. The summed E-state index contributed by atoms with van der Waals surface area (Å²) < 4.78 is 1.43. The third kappa shape index (κ3) is 50.9. The molecule has 0 aromatic heterocycles. The molecule has 0 atom stereocenters. The van der Waals surface area contributed by atoms with Crippen LogP contribution >= 0.6 is 0 Å². The Kier molecular flexibility index (Phi) is 66.1. The minimum absolute atomic E-state index is 0. The summed E-state index contributed by atoms with van der Waals surface area (Å²) in [6.07, 6.45) is 86.4. The van der Waals surface area contributed by atoms with Gasteiger partial charge < -0.3 is 19.4 Å². The first-order chi connectivity index (χ1) is 42.0. The average molecular weight is 1280 g/mol. The fourth-order valence-corrected chi connectivity index (χ4v) is 12.6. The molecule has 0 radical (unpaired) electrons. The number of allylic oxidation sites excluding steroid dienone is 2. The molecule has 1 heterocycles. The predicted molar refractivity (Wildman–Crippen MR) is 386 cm³/mol. The molecule has 86 heavy (non-hydrogen) atoms. The van der Waals surface area contributed by atoms with Crippen LogP contribution in [0.5, 0.6) is 0 Å². The molecular weight excluding hydrogens is 1130 g/mol. The second kappa shape index (κ2) is 67.6. The maximum Gasteiger partial charge on any atom is 2.00 e. The van der Waals surface area contributed by atoms with Gasteiger partial charge in [-0.2, -0.15) is 12.8 Å². The van der Waals surface area contributed by atoms with Gasteiger partial charge in [0.25, 0.3) is 0 Å². The van der Waals surface area contributed by atoms with Crippen LogP contribution in [-0.4, -0.2) is 4.70 Å². The summed E-state index contributed by atoms with van der Waals surface area (Å²) in [6.45, 7) is 19.1. The summed E-state index contributed by atoms with van der Waals surface area (Å²) in [5.74, 6) is 0. The van der Waals surface area contributed by atoms with Crippen molar-refractivity contribution in [1.29, 1.82) is 0 Å². The third-order valence-corrected chi connectivity index (χ3v) is 18.4. The normalized spacial score (nSPS) is 12.1. The van der Waals surface area contributed by atoms with E-state index < -0.39 is 0 Å². The van der Waals surface area contributed by atoms with Crippen LogP contribution in [0.25, 0.3) is 16.9 Å². The minimum Gasteiger partial charge on any atom is -0.493 e. The first kappa shape index (κ1) is 84.2. The second-order valence-electron chi connectivity index (χ2n) is 26.7. The summed E-state index contributed by atoms with van der Waals surface area (Å²) in [5.41, 5.74) is 19.3. The summed E-state index contributed by atoms with van der Waals surface area (Å²) >= 11 is 0. The molecule has 0 saturated carbocycles. The van der Waals surface area contributed by atoms with Crippen molar-refractivity contribution in [2.75, 3.05) is 0 Å². The molecule has 0 aliphatic carbocycles. The topological polar surface area (TPSA) is 25.3 Å². The SMILES string of the molecule is CCCCCC1=C(c2ccc(CCCC)cc2)[N+](=[N-])C(c2cccc(CCCC)c2)=C1.[CH2-]CCCCCCCCCCCCCCCCCCCCCCCCCC.[CH2-]CCCCCCCCCCCCCCCCCCCCCCCCCC.[Pd+2]. The van der Waals surface area contributed by atoms with Crippen LogP contribution in [0, 0.1) is 13.8 Å². The molecule has 0 spiro atoms. The van der Waals surface area contributed by atoms with Crippen molar-refractivity contribution in [3.8, 4) is 0 Å². The zero-order valence-corrected chi connectivity index (χ0v) is 60.3. The Balaban J connectivity index is 0.00000126. The molecule has 2 aromatic rings. The van der Waals surface area contributed by atoms with Gasteiger partial charge >= 0.3 is 20.4 Å². The van der Waals surface area contributed by atoms with E-state index in [4.69, 9.17) is 0 Å². The van der Waals surface area contributed by atoms with Crippen molar-refractivity contribution in [3.63, 3.8) is 0 Å². The van der Waals surface area contributed by atoms with Gasteiger partial charge in [-0.1, -0.05) is 393 Å². The average Bonchev–Trinajstić information content (AvgIpc) is 2.03. The number of hydrogen-bond acceptors (Lipinski definition) is 0. The Morgan fingerprint density at radius 3 is 0.872 bits per heavy atom. The van der Waals surface area contributed by atoms with Gasteiger partial charge in [0.15, 0.2) is 0 Å². The molecule has 1 aliphatic rings. The van der Waals surface area contributed by atoms with Crippen molar-refractivity contribution in [2.24, 2.45) is 0 Å². The Labute approximate surface area is 554 Å². The second-order valence-corrected chi connectivity index (χ2v) is 26.7. The van der Waals surface area contributed by atoms with Crippen LogP contribution in [-0.2, 0) is 33.3 Å². The van der Waals surface area contributed by atoms with Crippen molar-refractivity contribution in [3.05, 3.63) is 102 Å². The third-order valence-electron chi connectivity index (χ3n) is 18.4. The van der Waals surface area contributed by atoms with E-state index in [1.807, 2.05) is 0 Å². The van der Waals surface area contributed by atoms with Gasteiger partial charge in [0.05, 0.1) is 0 Å². The molecule has 0 unspecified atom stereocenters. The fraction of sp³-hybridized carbons (Fsp3) is 0.783. The molecule has 1 aliphatic heterocycles. The molecule has 2 nitrogen and oxygen atoms in total. The number of rotatable bonds is 60. The van der Waals surface area contributed by atoms with Gasteiger partial charge in [0.2, 0.25) is 11.4 Å². The molecule has 0 bridgehead atoms. The zero-order chi connectivity index (χ0) is 61.4. The quantitative estimate of drug-likeness (QED) is 0.0273. The Hall–Kier alpha value is -1.82. The number of benzene rings is 2. The summed E-state index contributed by atoms with van der Waals surface area (Å²) in [6, 6.07) is 17.5. The number of nitrogens with zero attached hydrogens (tertiary/aromatic N) is 2. The Morgan fingerprint density at radius 2 is 0.570 bits per heavy atom. The molecular formula is C83H148N2Pd. The van der Waals surface area contributed by atoms with Crippen molar-refractivity contribution < 1.29 is 25.1 Å². The van der Waals surface area contributed by atoms with Crippen LogP contribution in [0.15, 0.2) is 60.2 Å². The largest absolute Gasteiger partial charge is 2.00 e. The standard InChI is InChI=1S/C29H38N2.2C27H55.Pd/c1-4-7-10-15-27-22-28(26-16-11-14-24(21-26)13-9-6-3)31(30)29(27)25-19-17-23(18-20-25)12-8-5-2;2*1-3-5-7-9-11-13-15-17-19-21-23-25-27-26-24-22-20-18-16-14-12-10-8-6-4-2;/h11,14,16-22H,4-10,12-13,15H2,1-3H3;2*1,3-27H2,2H3;/q;2*-1;+2. The van der Waals surface area contributed by atoms with Gasteiger partial charge in [-0.3, -0.25) is 0 Å². The monoisotopic (exact) mass is 1280 g/mol. The van der Waals surface area contributed by atoms with E-state index in [1.165, 1.54) is 368 Å². The first-order valence-electron chi connectivity index (χ1n) is 38.7. The van der Waals surface area contributed by atoms with E-state index in [9.17, 15) is 5.53 Å². The number of aryl methyl sites for hydroxylation is 2. The van der Waals surface area contributed by atoms with E-state index in [0.717, 1.165) is 61.0 Å². The predicted octanol–water partition coefficient (Wildman–Crippen LogP) is 29.9. The molecule has 0 amide bonds. The van der Waals surface area contributed by atoms with E-state index in [0.29, 0.717) is 0 Å². The van der Waals surface area contributed by atoms with Crippen LogP contribution in [0.1, 0.15) is 429 Å². The molecule has 500 valence electrons. The maximum atomic E-state index is 11.3. The maximum absolute atomic E-state index is 11.3. The smallest absolute Gasteiger partial charge is 0.493 e. The van der Waals surface area contributed by atoms with Crippen LogP contribution in [0.2, 0.25) is 0 Å². The van der Waals surface area contributed by atoms with Crippen LogP contribution in [0.4, 0.5) is 0 Å². The van der Waals surface area contributed by atoms with Gasteiger partial charge in [-0.05, 0) is 73.9 Å². The molecule has 2 aromatic carbocycles. The van der Waals surface area contributed by atoms with E-state index in [1.54, 1.807) is 0 Å². The van der Waals surface area contributed by atoms with Gasteiger partial charge in [-0.15, -0.1) is 0 Å². The molecule has 0 saturated heterocycles. The van der Waals surface area contributed by atoms with E-state index in [-0.39, 0.29) is 20.4 Å². The first-order valence-corrected chi connectivity index (χ1v) is 38.7. The zero-order valence-electron chi connectivity index (χ0n) is 58.7. The Bertz CT molecular complexity index is 1660. The fourth-order valence-electron chi connectivity index (χ4n) is 12.6. The molecule has 3 heteroatoms. The summed E-state index contributed by atoms with van der Waals surface area (Å²) in [7, 11) is 0. The van der Waals surface area contributed by atoms with E-state index >= 15 is 0 Å². The van der Waals surface area contributed by atoms with Gasteiger partial charge in [0, 0.05) is 22.8 Å². The minimum atomic E-state index is 0. The van der Waals surface area contributed by atoms with Crippen LogP contribution in [0.3, 0.4) is 0 Å².